The van der Waals surface area contributed by atoms with Crippen LogP contribution in [0.2, 0.25) is 5.15 Å². The molecule has 0 aliphatic rings. The van der Waals surface area contributed by atoms with Crippen molar-refractivity contribution < 1.29 is 4.79 Å². The maximum absolute atomic E-state index is 12.8. The average molecular weight is 441 g/mol. The fourth-order valence-electron chi connectivity index (χ4n) is 3.03. The first-order valence-corrected chi connectivity index (χ1v) is 11.5. The van der Waals surface area contributed by atoms with Gasteiger partial charge < -0.3 is 10.6 Å². The molecule has 156 valence electrons. The lowest BCUT2D eigenvalue weighted by atomic mass is 10.1. The molecule has 30 heavy (non-hydrogen) atoms. The van der Waals surface area contributed by atoms with Crippen molar-refractivity contribution in [1.82, 2.24) is 15.3 Å². The molecule has 3 rings (SSSR count). The van der Waals surface area contributed by atoms with Gasteiger partial charge in [0.15, 0.2) is 5.16 Å². The third-order valence-electron chi connectivity index (χ3n) is 4.57. The van der Waals surface area contributed by atoms with Crippen molar-refractivity contribution in [3.05, 3.63) is 82.5 Å². The number of benzene rings is 2. The summed E-state index contributed by atoms with van der Waals surface area (Å²) in [6, 6.07) is 20.3. The van der Waals surface area contributed by atoms with Gasteiger partial charge in [0.05, 0.1) is 0 Å². The molecule has 0 bridgehead atoms. The van der Waals surface area contributed by atoms with Crippen LogP contribution in [0.4, 0.5) is 5.82 Å². The van der Waals surface area contributed by atoms with E-state index < -0.39 is 0 Å². The molecule has 0 spiro atoms. The average Bonchev–Trinajstić information content (AvgIpc) is 2.77. The second-order valence-electron chi connectivity index (χ2n) is 6.73. The summed E-state index contributed by atoms with van der Waals surface area (Å²) in [5.41, 5.74) is 2.74. The van der Waals surface area contributed by atoms with Crippen molar-refractivity contribution in [3.63, 3.8) is 0 Å². The fraction of sp³-hybridized carbons (Fsp3) is 0.261. The first kappa shape index (κ1) is 22.1. The maximum atomic E-state index is 12.8. The summed E-state index contributed by atoms with van der Waals surface area (Å²) in [5.74, 6) is 0.207. The van der Waals surface area contributed by atoms with E-state index in [9.17, 15) is 4.79 Å². The number of hydrogen-bond donors (Lipinski definition) is 2. The van der Waals surface area contributed by atoms with Crippen LogP contribution in [0.1, 0.15) is 27.9 Å². The van der Waals surface area contributed by atoms with Crippen molar-refractivity contribution in [2.24, 2.45) is 0 Å². The Bertz CT molecular complexity index is 954. The number of aryl methyl sites for hydroxylation is 1. The topological polar surface area (TPSA) is 66.9 Å². The van der Waals surface area contributed by atoms with Crippen LogP contribution in [0, 0.1) is 0 Å². The van der Waals surface area contributed by atoms with E-state index in [1.807, 2.05) is 54.8 Å². The van der Waals surface area contributed by atoms with Gasteiger partial charge in [0.25, 0.3) is 5.91 Å². The van der Waals surface area contributed by atoms with Gasteiger partial charge in [-0.05, 0) is 36.6 Å². The zero-order valence-electron chi connectivity index (χ0n) is 16.9. The zero-order valence-corrected chi connectivity index (χ0v) is 18.5. The fourth-order valence-corrected chi connectivity index (χ4v) is 3.70. The van der Waals surface area contributed by atoms with Crippen LogP contribution in [-0.4, -0.2) is 35.2 Å². The number of anilines is 1. The Morgan fingerprint density at radius 1 is 0.933 bits per heavy atom. The molecule has 3 aromatic rings. The smallest absolute Gasteiger partial charge is 0.258 e. The lowest BCUT2D eigenvalue weighted by Crippen LogP contribution is -2.28. The Labute approximate surface area is 186 Å². The van der Waals surface area contributed by atoms with Crippen molar-refractivity contribution in [2.45, 2.75) is 24.4 Å². The summed E-state index contributed by atoms with van der Waals surface area (Å²) < 4.78 is 0. The molecule has 0 aliphatic heterocycles. The third kappa shape index (κ3) is 6.47. The lowest BCUT2D eigenvalue weighted by molar-refractivity contribution is 0.0954. The van der Waals surface area contributed by atoms with Gasteiger partial charge in [-0.1, -0.05) is 84.0 Å². The van der Waals surface area contributed by atoms with Gasteiger partial charge >= 0.3 is 0 Å². The molecule has 2 N–H and O–H groups in total. The number of halogens is 1. The maximum Gasteiger partial charge on any atom is 0.258 e. The van der Waals surface area contributed by atoms with E-state index in [-0.39, 0.29) is 11.1 Å². The van der Waals surface area contributed by atoms with Crippen molar-refractivity contribution >= 4 is 35.1 Å². The van der Waals surface area contributed by atoms with E-state index in [0.29, 0.717) is 29.6 Å². The largest absolute Gasteiger partial charge is 0.369 e. The molecular formula is C23H25ClN4OS. The summed E-state index contributed by atoms with van der Waals surface area (Å²) in [7, 11) is 0. The highest BCUT2D eigenvalue weighted by atomic mass is 35.5. The summed E-state index contributed by atoms with van der Waals surface area (Å²) >= 11 is 7.74. The number of rotatable bonds is 10. The zero-order chi connectivity index (χ0) is 21.2. The Balaban J connectivity index is 1.62. The quantitative estimate of drug-likeness (QED) is 0.204. The summed E-state index contributed by atoms with van der Waals surface area (Å²) in [6.45, 7) is 1.19. The second kappa shape index (κ2) is 11.6. The van der Waals surface area contributed by atoms with Gasteiger partial charge in [0.1, 0.15) is 16.5 Å². The van der Waals surface area contributed by atoms with Crippen LogP contribution in [0.5, 0.6) is 0 Å². The monoisotopic (exact) mass is 440 g/mol. The van der Waals surface area contributed by atoms with E-state index in [1.165, 1.54) is 17.3 Å². The normalized spacial score (nSPS) is 10.6. The van der Waals surface area contributed by atoms with Crippen molar-refractivity contribution in [2.75, 3.05) is 24.7 Å². The van der Waals surface area contributed by atoms with E-state index in [0.717, 1.165) is 24.8 Å². The Kier molecular flexibility index (Phi) is 8.53. The Morgan fingerprint density at radius 2 is 1.57 bits per heavy atom. The highest BCUT2D eigenvalue weighted by Crippen LogP contribution is 2.24. The van der Waals surface area contributed by atoms with Gasteiger partial charge in [-0.2, -0.15) is 0 Å². The molecule has 0 atom stereocenters. The Morgan fingerprint density at radius 3 is 2.20 bits per heavy atom. The molecule has 2 aromatic carbocycles. The molecule has 0 saturated carbocycles. The first-order valence-electron chi connectivity index (χ1n) is 9.89. The number of hydrogen-bond acceptors (Lipinski definition) is 5. The lowest BCUT2D eigenvalue weighted by Gasteiger charge is -2.13. The number of thioether (sulfide) groups is 1. The van der Waals surface area contributed by atoms with Gasteiger partial charge in [-0.3, -0.25) is 4.79 Å². The van der Waals surface area contributed by atoms with Crippen LogP contribution in [-0.2, 0) is 12.8 Å². The predicted molar refractivity (Wildman–Crippen MR) is 125 cm³/mol. The summed E-state index contributed by atoms with van der Waals surface area (Å²) in [6.07, 6.45) is 4.48. The van der Waals surface area contributed by atoms with Crippen LogP contribution in [0.15, 0.2) is 65.8 Å². The molecule has 0 fully saturated rings. The third-order valence-corrected chi connectivity index (χ3v) is 5.39. The molecule has 0 aliphatic carbocycles. The number of carbonyl (C=O) groups is 1. The second-order valence-corrected chi connectivity index (χ2v) is 7.86. The highest BCUT2D eigenvalue weighted by Gasteiger charge is 2.19. The Hall–Kier alpha value is -2.57. The minimum absolute atomic E-state index is 0.164. The van der Waals surface area contributed by atoms with E-state index >= 15 is 0 Å². The van der Waals surface area contributed by atoms with Gasteiger partial charge in [-0.25, -0.2) is 9.97 Å². The molecule has 0 radical (unpaired) electrons. The first-order chi connectivity index (χ1) is 14.7. The van der Waals surface area contributed by atoms with E-state index in [1.54, 1.807) is 0 Å². The SMILES string of the molecule is CSc1nc(Cl)c(C(=O)NCCc2ccccc2)c(NCCCc2ccccc2)n1. The minimum atomic E-state index is -0.269. The summed E-state index contributed by atoms with van der Waals surface area (Å²) in [5, 5.41) is 6.91. The minimum Gasteiger partial charge on any atom is -0.369 e. The van der Waals surface area contributed by atoms with Crippen LogP contribution >= 0.6 is 23.4 Å². The van der Waals surface area contributed by atoms with Crippen LogP contribution < -0.4 is 10.6 Å². The van der Waals surface area contributed by atoms with Gasteiger partial charge in [0.2, 0.25) is 0 Å². The number of carbonyl (C=O) groups excluding carboxylic acids is 1. The molecule has 5 nitrogen and oxygen atoms in total. The highest BCUT2D eigenvalue weighted by molar-refractivity contribution is 7.98. The molecular weight excluding hydrogens is 416 g/mol. The molecule has 1 amide bonds. The van der Waals surface area contributed by atoms with Gasteiger partial charge in [0, 0.05) is 13.1 Å². The molecule has 1 heterocycles. The van der Waals surface area contributed by atoms with Gasteiger partial charge in [-0.15, -0.1) is 0 Å². The van der Waals surface area contributed by atoms with E-state index in [4.69, 9.17) is 11.6 Å². The standard InChI is InChI=1S/C23H25ClN4OS/c1-30-23-27-20(24)19(22(29)26-16-14-18-11-6-3-7-12-18)21(28-23)25-15-8-13-17-9-4-2-5-10-17/h2-7,9-12H,8,13-16H2,1H3,(H,26,29)(H,25,27,28). The number of nitrogens with one attached hydrogen (secondary N) is 2. The van der Waals surface area contributed by atoms with Crippen LogP contribution in [0.3, 0.4) is 0 Å². The molecule has 1 aromatic heterocycles. The summed E-state index contributed by atoms with van der Waals surface area (Å²) in [4.78, 5) is 21.5. The van der Waals surface area contributed by atoms with Crippen molar-refractivity contribution in [3.8, 4) is 0 Å². The number of amides is 1. The number of nitrogens with zero attached hydrogens (tertiary/aromatic N) is 2. The molecule has 0 unspecified atom stereocenters. The molecule has 0 saturated heterocycles. The van der Waals surface area contributed by atoms with Crippen LogP contribution in [0.25, 0.3) is 0 Å². The number of aromatic nitrogens is 2. The predicted octanol–water partition coefficient (Wildman–Crippen LogP) is 4.87. The van der Waals surface area contributed by atoms with Crippen molar-refractivity contribution in [1.29, 1.82) is 0 Å². The van der Waals surface area contributed by atoms with E-state index in [2.05, 4.69) is 32.7 Å². The molecule has 7 heteroatoms.